The normalized spacial score (nSPS) is 16.8. The van der Waals surface area contributed by atoms with Crippen molar-refractivity contribution in [3.8, 4) is 0 Å². The molecule has 1 amide bonds. The van der Waals surface area contributed by atoms with E-state index < -0.39 is 0 Å². The van der Waals surface area contributed by atoms with Gasteiger partial charge in [0.1, 0.15) is 18.2 Å². The Balaban J connectivity index is 1.63. The molecular weight excluding hydrogens is 324 g/mol. The van der Waals surface area contributed by atoms with Crippen LogP contribution in [0.2, 0.25) is 0 Å². The molecule has 5 heteroatoms. The zero-order valence-electron chi connectivity index (χ0n) is 14.9. The number of carbonyl (C=O) groups is 1. The molecule has 5 nitrogen and oxygen atoms in total. The monoisotopic (exact) mass is 346 g/mol. The van der Waals surface area contributed by atoms with Gasteiger partial charge in [0, 0.05) is 17.6 Å². The predicted molar refractivity (Wildman–Crippen MR) is 104 cm³/mol. The van der Waals surface area contributed by atoms with Crippen LogP contribution >= 0.6 is 0 Å². The molecular formula is C21H22N4O. The van der Waals surface area contributed by atoms with Gasteiger partial charge in [-0.2, -0.15) is 0 Å². The fourth-order valence-electron chi connectivity index (χ4n) is 3.68. The van der Waals surface area contributed by atoms with Crippen molar-refractivity contribution < 1.29 is 4.79 Å². The summed E-state index contributed by atoms with van der Waals surface area (Å²) in [7, 11) is 0. The third-order valence-corrected chi connectivity index (χ3v) is 5.01. The molecule has 0 bridgehead atoms. The van der Waals surface area contributed by atoms with Gasteiger partial charge in [0.25, 0.3) is 0 Å². The number of fused-ring (bicyclic) bond motifs is 1. The number of hydrogen-bond acceptors (Lipinski definition) is 4. The van der Waals surface area contributed by atoms with E-state index >= 15 is 0 Å². The van der Waals surface area contributed by atoms with Crippen LogP contribution < -0.4 is 10.2 Å². The van der Waals surface area contributed by atoms with E-state index in [-0.39, 0.29) is 11.9 Å². The molecule has 3 aromatic rings. The summed E-state index contributed by atoms with van der Waals surface area (Å²) in [5, 5.41) is 4.12. The van der Waals surface area contributed by atoms with Gasteiger partial charge in [0.2, 0.25) is 5.91 Å². The van der Waals surface area contributed by atoms with Crippen LogP contribution in [0.25, 0.3) is 10.9 Å². The van der Waals surface area contributed by atoms with Crippen LogP contribution in [0, 0.1) is 0 Å². The van der Waals surface area contributed by atoms with Crippen molar-refractivity contribution in [1.29, 1.82) is 0 Å². The first kappa shape index (κ1) is 16.5. The van der Waals surface area contributed by atoms with Crippen molar-refractivity contribution in [1.82, 2.24) is 9.97 Å². The second-order valence-corrected chi connectivity index (χ2v) is 6.57. The van der Waals surface area contributed by atoms with Crippen LogP contribution in [0.15, 0.2) is 54.9 Å². The number of nitrogens with zero attached hydrogens (tertiary/aromatic N) is 3. The Morgan fingerprint density at radius 3 is 2.85 bits per heavy atom. The highest BCUT2D eigenvalue weighted by molar-refractivity contribution is 5.99. The number of carbonyl (C=O) groups excluding carboxylic acids is 1. The lowest BCUT2D eigenvalue weighted by atomic mass is 10.1. The van der Waals surface area contributed by atoms with Crippen molar-refractivity contribution in [2.75, 3.05) is 16.8 Å². The van der Waals surface area contributed by atoms with Gasteiger partial charge in [0.15, 0.2) is 0 Å². The number of aromatic nitrogens is 2. The number of rotatable bonds is 4. The average Bonchev–Trinajstić information content (AvgIpc) is 3.17. The van der Waals surface area contributed by atoms with Gasteiger partial charge in [-0.15, -0.1) is 0 Å². The van der Waals surface area contributed by atoms with E-state index in [1.165, 1.54) is 0 Å². The maximum atomic E-state index is 13.0. The van der Waals surface area contributed by atoms with Gasteiger partial charge < -0.3 is 10.2 Å². The molecule has 1 N–H and O–H groups in total. The molecule has 1 atom stereocenters. The highest BCUT2D eigenvalue weighted by atomic mass is 16.2. The highest BCUT2D eigenvalue weighted by Gasteiger charge is 2.32. The lowest BCUT2D eigenvalue weighted by Gasteiger charge is -2.26. The molecule has 0 aliphatic carbocycles. The van der Waals surface area contributed by atoms with Crippen molar-refractivity contribution in [3.05, 3.63) is 60.4 Å². The van der Waals surface area contributed by atoms with Crippen molar-refractivity contribution in [3.63, 3.8) is 0 Å². The molecule has 1 fully saturated rings. The summed E-state index contributed by atoms with van der Waals surface area (Å²) in [4.78, 5) is 24.0. The van der Waals surface area contributed by atoms with Gasteiger partial charge in [-0.1, -0.05) is 37.3 Å². The first-order chi connectivity index (χ1) is 12.8. The minimum absolute atomic E-state index is 0.0334. The Labute approximate surface area is 153 Å². The third-order valence-electron chi connectivity index (χ3n) is 5.01. The first-order valence-corrected chi connectivity index (χ1v) is 9.13. The molecule has 0 radical (unpaired) electrons. The van der Waals surface area contributed by atoms with E-state index in [0.29, 0.717) is 0 Å². The largest absolute Gasteiger partial charge is 0.344 e. The third kappa shape index (κ3) is 3.01. The Morgan fingerprint density at radius 1 is 1.15 bits per heavy atom. The fraction of sp³-hybridized carbons (Fsp3) is 0.286. The fourth-order valence-corrected chi connectivity index (χ4v) is 3.68. The van der Waals surface area contributed by atoms with Gasteiger partial charge in [-0.3, -0.25) is 4.79 Å². The van der Waals surface area contributed by atoms with Crippen LogP contribution in [0.1, 0.15) is 25.3 Å². The summed E-state index contributed by atoms with van der Waals surface area (Å²) < 4.78 is 0. The van der Waals surface area contributed by atoms with Gasteiger partial charge in [0.05, 0.1) is 5.52 Å². The van der Waals surface area contributed by atoms with E-state index in [1.807, 2.05) is 42.5 Å². The Bertz CT molecular complexity index is 935. The maximum Gasteiger partial charge on any atom is 0.247 e. The Morgan fingerprint density at radius 2 is 1.96 bits per heavy atom. The lowest BCUT2D eigenvalue weighted by Crippen LogP contribution is -2.40. The smallest absolute Gasteiger partial charge is 0.247 e. The molecule has 0 spiro atoms. The number of anilines is 2. The molecule has 1 aliphatic rings. The van der Waals surface area contributed by atoms with E-state index in [9.17, 15) is 4.79 Å². The van der Waals surface area contributed by atoms with Crippen LogP contribution in [0.4, 0.5) is 11.5 Å². The standard InChI is InChI=1S/C21H22N4O/c1-2-15-8-3-5-10-17(15)24-21(26)19-12-7-13-25(19)20-16-9-4-6-11-18(16)22-14-23-20/h3-6,8-11,14,19H,2,7,12-13H2,1H3,(H,24,26)/t19-/m0/s1. The summed E-state index contributed by atoms with van der Waals surface area (Å²) in [5.41, 5.74) is 2.96. The minimum Gasteiger partial charge on any atom is -0.344 e. The molecule has 0 unspecified atom stereocenters. The van der Waals surface area contributed by atoms with Crippen LogP contribution in [0.3, 0.4) is 0 Å². The SMILES string of the molecule is CCc1ccccc1NC(=O)[C@@H]1CCCN1c1ncnc2ccccc12. The molecule has 1 aromatic heterocycles. The second kappa shape index (κ2) is 7.12. The Hall–Kier alpha value is -2.95. The molecule has 2 heterocycles. The quantitative estimate of drug-likeness (QED) is 0.781. The topological polar surface area (TPSA) is 58.1 Å². The zero-order chi connectivity index (χ0) is 17.9. The summed E-state index contributed by atoms with van der Waals surface area (Å²) in [5.74, 6) is 0.878. The number of amides is 1. The minimum atomic E-state index is -0.210. The molecule has 26 heavy (non-hydrogen) atoms. The van der Waals surface area contributed by atoms with Gasteiger partial charge in [-0.25, -0.2) is 9.97 Å². The number of benzene rings is 2. The van der Waals surface area contributed by atoms with E-state index in [4.69, 9.17) is 0 Å². The summed E-state index contributed by atoms with van der Waals surface area (Å²) in [6.45, 7) is 2.93. The van der Waals surface area contributed by atoms with Crippen LogP contribution in [0.5, 0.6) is 0 Å². The average molecular weight is 346 g/mol. The van der Waals surface area contributed by atoms with Gasteiger partial charge in [-0.05, 0) is 43.0 Å². The number of para-hydroxylation sites is 2. The molecule has 1 aliphatic heterocycles. The molecule has 132 valence electrons. The summed E-state index contributed by atoms with van der Waals surface area (Å²) >= 11 is 0. The zero-order valence-corrected chi connectivity index (χ0v) is 14.9. The Kier molecular flexibility index (Phi) is 4.52. The summed E-state index contributed by atoms with van der Waals surface area (Å²) in [6.07, 6.45) is 4.28. The van der Waals surface area contributed by atoms with Crippen molar-refractivity contribution in [2.24, 2.45) is 0 Å². The predicted octanol–water partition coefficient (Wildman–Crippen LogP) is 3.80. The van der Waals surface area contributed by atoms with Gasteiger partial charge >= 0.3 is 0 Å². The molecule has 1 saturated heterocycles. The van der Waals surface area contributed by atoms with Crippen molar-refractivity contribution >= 4 is 28.3 Å². The van der Waals surface area contributed by atoms with Crippen LogP contribution in [-0.4, -0.2) is 28.5 Å². The lowest BCUT2D eigenvalue weighted by molar-refractivity contribution is -0.117. The first-order valence-electron chi connectivity index (χ1n) is 9.13. The van der Waals surface area contributed by atoms with E-state index in [2.05, 4.69) is 33.2 Å². The molecule has 4 rings (SSSR count). The summed E-state index contributed by atoms with van der Waals surface area (Å²) in [6, 6.07) is 15.7. The van der Waals surface area contributed by atoms with Crippen LogP contribution in [-0.2, 0) is 11.2 Å². The second-order valence-electron chi connectivity index (χ2n) is 6.57. The highest BCUT2D eigenvalue weighted by Crippen LogP contribution is 2.30. The number of aryl methyl sites for hydroxylation is 1. The molecule has 2 aromatic carbocycles. The molecule has 0 saturated carbocycles. The number of nitrogens with one attached hydrogen (secondary N) is 1. The number of hydrogen-bond donors (Lipinski definition) is 1. The maximum absolute atomic E-state index is 13.0. The van der Waals surface area contributed by atoms with E-state index in [0.717, 1.165) is 53.8 Å². The van der Waals surface area contributed by atoms with E-state index in [1.54, 1.807) is 6.33 Å². The van der Waals surface area contributed by atoms with Crippen molar-refractivity contribution in [2.45, 2.75) is 32.2 Å².